The van der Waals surface area contributed by atoms with Gasteiger partial charge in [-0.3, -0.25) is 0 Å². The Morgan fingerprint density at radius 1 is 1.56 bits per heavy atom. The van der Waals surface area contributed by atoms with Crippen molar-refractivity contribution in [1.82, 2.24) is 9.71 Å². The number of aromatic nitrogens is 1. The number of hydrogen-bond acceptors (Lipinski definition) is 3. The summed E-state index contributed by atoms with van der Waals surface area (Å²) in [4.78, 5) is 3.56. The standard InChI is InChI=1S/C10H13FN2O2S/c1-7(8-4-5-8)13-16(14,15)10-9(11)3-2-6-12-10/h2-3,6-8,13H,4-5H2,1H3. The molecule has 0 radical (unpaired) electrons. The molecule has 1 atom stereocenters. The highest BCUT2D eigenvalue weighted by molar-refractivity contribution is 7.89. The van der Waals surface area contributed by atoms with Crippen molar-refractivity contribution in [2.75, 3.05) is 0 Å². The minimum Gasteiger partial charge on any atom is -0.241 e. The number of nitrogens with zero attached hydrogens (tertiary/aromatic N) is 1. The molecule has 1 aliphatic rings. The van der Waals surface area contributed by atoms with Crippen molar-refractivity contribution in [2.24, 2.45) is 5.92 Å². The predicted octanol–water partition coefficient (Wildman–Crippen LogP) is 1.30. The summed E-state index contributed by atoms with van der Waals surface area (Å²) in [5.74, 6) is -0.445. The SMILES string of the molecule is CC(NS(=O)(=O)c1ncccc1F)C1CC1. The van der Waals surface area contributed by atoms with Gasteiger partial charge in [0, 0.05) is 12.2 Å². The molecule has 2 rings (SSSR count). The highest BCUT2D eigenvalue weighted by atomic mass is 32.2. The molecule has 88 valence electrons. The normalized spacial score (nSPS) is 18.4. The first kappa shape index (κ1) is 11.5. The topological polar surface area (TPSA) is 59.1 Å². The summed E-state index contributed by atoms with van der Waals surface area (Å²) in [6.45, 7) is 1.79. The molecule has 0 aliphatic heterocycles. The van der Waals surface area contributed by atoms with Crippen molar-refractivity contribution in [1.29, 1.82) is 0 Å². The monoisotopic (exact) mass is 244 g/mol. The summed E-state index contributed by atoms with van der Waals surface area (Å²) >= 11 is 0. The molecule has 1 N–H and O–H groups in total. The van der Waals surface area contributed by atoms with Gasteiger partial charge in [-0.25, -0.2) is 22.5 Å². The van der Waals surface area contributed by atoms with Gasteiger partial charge in [-0.05, 0) is 37.8 Å². The maximum atomic E-state index is 13.3. The van der Waals surface area contributed by atoms with Gasteiger partial charge in [0.25, 0.3) is 10.0 Å². The Morgan fingerprint density at radius 2 is 2.25 bits per heavy atom. The molecule has 1 aromatic heterocycles. The first-order valence-electron chi connectivity index (χ1n) is 5.13. The van der Waals surface area contributed by atoms with E-state index in [4.69, 9.17) is 0 Å². The van der Waals surface area contributed by atoms with Crippen LogP contribution in [-0.4, -0.2) is 19.4 Å². The average Bonchev–Trinajstić information content (AvgIpc) is 3.00. The molecule has 1 unspecified atom stereocenters. The molecule has 0 spiro atoms. The van der Waals surface area contributed by atoms with Crippen LogP contribution in [0.3, 0.4) is 0 Å². The van der Waals surface area contributed by atoms with Crippen LogP contribution in [0.25, 0.3) is 0 Å². The Morgan fingerprint density at radius 3 is 2.81 bits per heavy atom. The molecule has 1 aromatic rings. The molecule has 1 heterocycles. The highest BCUT2D eigenvalue weighted by Gasteiger charge is 2.32. The van der Waals surface area contributed by atoms with E-state index in [9.17, 15) is 12.8 Å². The van der Waals surface area contributed by atoms with E-state index in [-0.39, 0.29) is 6.04 Å². The van der Waals surface area contributed by atoms with Gasteiger partial charge in [0.15, 0.2) is 5.82 Å². The first-order valence-corrected chi connectivity index (χ1v) is 6.62. The molecule has 6 heteroatoms. The van der Waals surface area contributed by atoms with E-state index >= 15 is 0 Å². The van der Waals surface area contributed by atoms with Crippen LogP contribution >= 0.6 is 0 Å². The quantitative estimate of drug-likeness (QED) is 0.868. The predicted molar refractivity (Wildman–Crippen MR) is 56.7 cm³/mol. The lowest BCUT2D eigenvalue weighted by Gasteiger charge is -2.12. The largest absolute Gasteiger partial charge is 0.261 e. The molecule has 0 saturated heterocycles. The summed E-state index contributed by atoms with van der Waals surface area (Å²) < 4.78 is 39.3. The molecule has 0 aromatic carbocycles. The van der Waals surface area contributed by atoms with E-state index in [1.54, 1.807) is 6.92 Å². The molecule has 0 bridgehead atoms. The van der Waals surface area contributed by atoms with Gasteiger partial charge in [-0.2, -0.15) is 0 Å². The van der Waals surface area contributed by atoms with Crippen molar-refractivity contribution >= 4 is 10.0 Å². The van der Waals surface area contributed by atoms with Crippen molar-refractivity contribution in [2.45, 2.75) is 30.8 Å². The number of hydrogen-bond donors (Lipinski definition) is 1. The van der Waals surface area contributed by atoms with Crippen molar-refractivity contribution in [3.63, 3.8) is 0 Å². The van der Waals surface area contributed by atoms with Crippen LogP contribution in [0.15, 0.2) is 23.4 Å². The second-order valence-electron chi connectivity index (χ2n) is 4.04. The van der Waals surface area contributed by atoms with E-state index in [1.165, 1.54) is 12.3 Å². The molecule has 0 amide bonds. The van der Waals surface area contributed by atoms with E-state index in [2.05, 4.69) is 9.71 Å². The summed E-state index contributed by atoms with van der Waals surface area (Å²) in [7, 11) is -3.83. The Labute approximate surface area is 93.9 Å². The van der Waals surface area contributed by atoms with E-state index in [0.717, 1.165) is 18.9 Å². The van der Waals surface area contributed by atoms with Crippen LogP contribution in [-0.2, 0) is 10.0 Å². The fourth-order valence-corrected chi connectivity index (χ4v) is 2.88. The van der Waals surface area contributed by atoms with Crippen LogP contribution in [0, 0.1) is 11.7 Å². The minimum atomic E-state index is -3.83. The Hall–Kier alpha value is -1.01. The summed E-state index contributed by atoms with van der Waals surface area (Å²) in [6, 6.07) is 2.29. The van der Waals surface area contributed by atoms with Crippen LogP contribution in [0.5, 0.6) is 0 Å². The van der Waals surface area contributed by atoms with Gasteiger partial charge in [0.1, 0.15) is 0 Å². The minimum absolute atomic E-state index is 0.161. The van der Waals surface area contributed by atoms with Crippen LogP contribution < -0.4 is 4.72 Å². The zero-order valence-corrected chi connectivity index (χ0v) is 9.67. The lowest BCUT2D eigenvalue weighted by atomic mass is 10.2. The van der Waals surface area contributed by atoms with Crippen LogP contribution in [0.4, 0.5) is 4.39 Å². The zero-order valence-electron chi connectivity index (χ0n) is 8.85. The van der Waals surface area contributed by atoms with E-state index in [1.807, 2.05) is 0 Å². The Bertz CT molecular complexity index is 485. The summed E-state index contributed by atoms with van der Waals surface area (Å²) in [5, 5.41) is -0.525. The van der Waals surface area contributed by atoms with Crippen LogP contribution in [0.2, 0.25) is 0 Å². The second kappa shape index (κ2) is 4.10. The van der Waals surface area contributed by atoms with E-state index < -0.39 is 20.9 Å². The first-order chi connectivity index (χ1) is 7.50. The van der Waals surface area contributed by atoms with Crippen molar-refractivity contribution in [3.8, 4) is 0 Å². The Balaban J connectivity index is 2.21. The number of rotatable bonds is 4. The third kappa shape index (κ3) is 2.38. The number of nitrogens with one attached hydrogen (secondary N) is 1. The molecule has 4 nitrogen and oxygen atoms in total. The number of sulfonamides is 1. The van der Waals surface area contributed by atoms with Gasteiger partial charge in [-0.1, -0.05) is 0 Å². The van der Waals surface area contributed by atoms with Gasteiger partial charge in [0.2, 0.25) is 5.03 Å². The molecular weight excluding hydrogens is 231 g/mol. The fraction of sp³-hybridized carbons (Fsp3) is 0.500. The second-order valence-corrected chi connectivity index (χ2v) is 5.67. The maximum Gasteiger partial charge on any atom is 0.261 e. The molecule has 1 saturated carbocycles. The third-order valence-electron chi connectivity index (χ3n) is 2.65. The maximum absolute atomic E-state index is 13.3. The average molecular weight is 244 g/mol. The molecule has 1 fully saturated rings. The fourth-order valence-electron chi connectivity index (χ4n) is 1.56. The van der Waals surface area contributed by atoms with Crippen molar-refractivity contribution < 1.29 is 12.8 Å². The number of halogens is 1. The lowest BCUT2D eigenvalue weighted by Crippen LogP contribution is -2.35. The highest BCUT2D eigenvalue weighted by Crippen LogP contribution is 2.32. The summed E-state index contributed by atoms with van der Waals surface area (Å²) in [6.07, 6.45) is 3.31. The van der Waals surface area contributed by atoms with Crippen LogP contribution in [0.1, 0.15) is 19.8 Å². The van der Waals surface area contributed by atoms with Crippen molar-refractivity contribution in [3.05, 3.63) is 24.1 Å². The molecule has 1 aliphatic carbocycles. The number of pyridine rings is 1. The van der Waals surface area contributed by atoms with Gasteiger partial charge < -0.3 is 0 Å². The zero-order chi connectivity index (χ0) is 11.8. The van der Waals surface area contributed by atoms with Gasteiger partial charge >= 0.3 is 0 Å². The Kier molecular flexibility index (Phi) is 2.94. The molecular formula is C10H13FN2O2S. The smallest absolute Gasteiger partial charge is 0.241 e. The third-order valence-corrected chi connectivity index (χ3v) is 4.14. The lowest BCUT2D eigenvalue weighted by molar-refractivity contribution is 0.518. The summed E-state index contributed by atoms with van der Waals surface area (Å²) in [5.41, 5.74) is 0. The van der Waals surface area contributed by atoms with Gasteiger partial charge in [-0.15, -0.1) is 0 Å². The molecule has 16 heavy (non-hydrogen) atoms. The van der Waals surface area contributed by atoms with E-state index in [0.29, 0.717) is 5.92 Å². The van der Waals surface area contributed by atoms with Gasteiger partial charge in [0.05, 0.1) is 0 Å².